The summed E-state index contributed by atoms with van der Waals surface area (Å²) in [5, 5.41) is 5.24. The van der Waals surface area contributed by atoms with Crippen molar-refractivity contribution in [3.63, 3.8) is 0 Å². The zero-order valence-corrected chi connectivity index (χ0v) is 20.1. The zero-order chi connectivity index (χ0) is 25.1. The number of ether oxygens (including phenoxy) is 4. The molecule has 0 aromatic heterocycles. The van der Waals surface area contributed by atoms with Crippen LogP contribution < -0.4 is 24.8 Å². The first kappa shape index (κ1) is 26.5. The number of carbonyl (C=O) groups is 3. The SMILES string of the molecule is COCCN(CC(=O)NCC(=O)Nc1ccc(C)cc1)C(=O)c1cc(OC)c(OC)c(OC)c1. The van der Waals surface area contributed by atoms with Gasteiger partial charge in [-0.25, -0.2) is 0 Å². The van der Waals surface area contributed by atoms with E-state index in [0.717, 1.165) is 5.56 Å². The second-order valence-electron chi connectivity index (χ2n) is 7.32. The highest BCUT2D eigenvalue weighted by Crippen LogP contribution is 2.38. The van der Waals surface area contributed by atoms with E-state index in [0.29, 0.717) is 22.9 Å². The number of hydrogen-bond acceptors (Lipinski definition) is 7. The number of aryl methyl sites for hydroxylation is 1. The van der Waals surface area contributed by atoms with Crippen LogP contribution in [-0.2, 0) is 14.3 Å². The molecule has 10 heteroatoms. The van der Waals surface area contributed by atoms with Crippen LogP contribution in [0.4, 0.5) is 5.69 Å². The molecule has 0 saturated carbocycles. The summed E-state index contributed by atoms with van der Waals surface area (Å²) < 4.78 is 21.0. The Morgan fingerprint density at radius 1 is 0.882 bits per heavy atom. The molecule has 0 atom stereocenters. The molecular formula is C24H31N3O7. The van der Waals surface area contributed by atoms with Crippen molar-refractivity contribution in [3.05, 3.63) is 47.5 Å². The van der Waals surface area contributed by atoms with Crippen molar-refractivity contribution in [2.24, 2.45) is 0 Å². The molecule has 2 aromatic carbocycles. The Labute approximate surface area is 199 Å². The molecule has 0 fully saturated rings. The van der Waals surface area contributed by atoms with Gasteiger partial charge in [0.2, 0.25) is 17.6 Å². The summed E-state index contributed by atoms with van der Waals surface area (Å²) in [5.74, 6) is -0.325. The molecule has 0 aliphatic heterocycles. The molecule has 184 valence electrons. The van der Waals surface area contributed by atoms with Gasteiger partial charge in [-0.05, 0) is 31.2 Å². The quantitative estimate of drug-likeness (QED) is 0.484. The first-order valence-corrected chi connectivity index (χ1v) is 10.5. The Bertz CT molecular complexity index is 968. The van der Waals surface area contributed by atoms with Crippen LogP contribution in [0.15, 0.2) is 36.4 Å². The van der Waals surface area contributed by atoms with Gasteiger partial charge in [-0.2, -0.15) is 0 Å². The lowest BCUT2D eigenvalue weighted by molar-refractivity contribution is -0.124. The third kappa shape index (κ3) is 7.38. The van der Waals surface area contributed by atoms with E-state index in [1.54, 1.807) is 12.1 Å². The van der Waals surface area contributed by atoms with E-state index < -0.39 is 11.8 Å². The Balaban J connectivity index is 2.07. The summed E-state index contributed by atoms with van der Waals surface area (Å²) in [4.78, 5) is 39.2. The molecule has 0 aliphatic carbocycles. The van der Waals surface area contributed by atoms with Crippen molar-refractivity contribution in [2.45, 2.75) is 6.92 Å². The second-order valence-corrected chi connectivity index (χ2v) is 7.32. The summed E-state index contributed by atoms with van der Waals surface area (Å²) >= 11 is 0. The molecule has 0 bridgehead atoms. The topological polar surface area (TPSA) is 115 Å². The Hall–Kier alpha value is -3.79. The zero-order valence-electron chi connectivity index (χ0n) is 20.1. The number of benzene rings is 2. The maximum absolute atomic E-state index is 13.2. The van der Waals surface area contributed by atoms with Crippen LogP contribution in [0, 0.1) is 6.92 Å². The minimum atomic E-state index is -0.490. The van der Waals surface area contributed by atoms with Crippen molar-refractivity contribution < 1.29 is 33.3 Å². The van der Waals surface area contributed by atoms with Gasteiger partial charge >= 0.3 is 0 Å². The van der Waals surface area contributed by atoms with Crippen LogP contribution in [0.2, 0.25) is 0 Å². The molecule has 3 amide bonds. The number of nitrogens with zero attached hydrogens (tertiary/aromatic N) is 1. The summed E-state index contributed by atoms with van der Waals surface area (Å²) in [7, 11) is 5.86. The number of anilines is 1. The van der Waals surface area contributed by atoms with Gasteiger partial charge in [0.25, 0.3) is 5.91 Å². The van der Waals surface area contributed by atoms with Crippen LogP contribution in [0.3, 0.4) is 0 Å². The average molecular weight is 474 g/mol. The molecule has 10 nitrogen and oxygen atoms in total. The molecule has 34 heavy (non-hydrogen) atoms. The Morgan fingerprint density at radius 2 is 1.50 bits per heavy atom. The van der Waals surface area contributed by atoms with Gasteiger partial charge in [0.05, 0.1) is 41.0 Å². The number of hydrogen-bond donors (Lipinski definition) is 2. The van der Waals surface area contributed by atoms with E-state index in [1.165, 1.54) is 45.5 Å². The van der Waals surface area contributed by atoms with Crippen molar-refractivity contribution in [1.29, 1.82) is 0 Å². The van der Waals surface area contributed by atoms with Crippen LogP contribution in [0.1, 0.15) is 15.9 Å². The van der Waals surface area contributed by atoms with Gasteiger partial charge in [-0.3, -0.25) is 14.4 Å². The fraction of sp³-hybridized carbons (Fsp3) is 0.375. The number of rotatable bonds is 12. The molecule has 0 spiro atoms. The molecule has 0 radical (unpaired) electrons. The number of amides is 3. The monoisotopic (exact) mass is 473 g/mol. The highest BCUT2D eigenvalue weighted by atomic mass is 16.5. The van der Waals surface area contributed by atoms with E-state index >= 15 is 0 Å². The van der Waals surface area contributed by atoms with E-state index in [9.17, 15) is 14.4 Å². The van der Waals surface area contributed by atoms with E-state index in [-0.39, 0.29) is 37.7 Å². The lowest BCUT2D eigenvalue weighted by Crippen LogP contribution is -2.44. The second kappa shape index (κ2) is 13.0. The molecule has 2 N–H and O–H groups in total. The first-order chi connectivity index (χ1) is 16.3. The van der Waals surface area contributed by atoms with Gasteiger partial charge in [-0.1, -0.05) is 17.7 Å². The Kier molecular flexibility index (Phi) is 10.2. The number of nitrogens with one attached hydrogen (secondary N) is 2. The number of methoxy groups -OCH3 is 4. The Morgan fingerprint density at radius 3 is 2.03 bits per heavy atom. The molecule has 0 heterocycles. The molecule has 0 saturated heterocycles. The lowest BCUT2D eigenvalue weighted by Gasteiger charge is -2.23. The maximum Gasteiger partial charge on any atom is 0.254 e. The van der Waals surface area contributed by atoms with Crippen molar-refractivity contribution in [3.8, 4) is 17.2 Å². The van der Waals surface area contributed by atoms with E-state index in [2.05, 4.69) is 10.6 Å². The van der Waals surface area contributed by atoms with Gasteiger partial charge < -0.3 is 34.5 Å². The smallest absolute Gasteiger partial charge is 0.254 e. The van der Waals surface area contributed by atoms with Gasteiger partial charge in [0, 0.05) is 24.9 Å². The van der Waals surface area contributed by atoms with E-state index in [4.69, 9.17) is 18.9 Å². The summed E-state index contributed by atoms with van der Waals surface area (Å²) in [5.41, 5.74) is 1.94. The van der Waals surface area contributed by atoms with Gasteiger partial charge in [0.1, 0.15) is 0 Å². The van der Waals surface area contributed by atoms with Crippen molar-refractivity contribution >= 4 is 23.4 Å². The van der Waals surface area contributed by atoms with Crippen LogP contribution in [0.25, 0.3) is 0 Å². The average Bonchev–Trinajstić information content (AvgIpc) is 2.85. The normalized spacial score (nSPS) is 10.3. The highest BCUT2D eigenvalue weighted by molar-refractivity contribution is 5.99. The van der Waals surface area contributed by atoms with Gasteiger partial charge in [0.15, 0.2) is 11.5 Å². The third-order valence-corrected chi connectivity index (χ3v) is 4.88. The van der Waals surface area contributed by atoms with Crippen molar-refractivity contribution in [2.75, 3.05) is 60.0 Å². The maximum atomic E-state index is 13.2. The minimum Gasteiger partial charge on any atom is -0.493 e. The third-order valence-electron chi connectivity index (χ3n) is 4.88. The largest absolute Gasteiger partial charge is 0.493 e. The molecular weight excluding hydrogens is 442 g/mol. The molecule has 2 rings (SSSR count). The van der Waals surface area contributed by atoms with Crippen LogP contribution in [0.5, 0.6) is 17.2 Å². The highest BCUT2D eigenvalue weighted by Gasteiger charge is 2.23. The first-order valence-electron chi connectivity index (χ1n) is 10.5. The minimum absolute atomic E-state index is 0.162. The van der Waals surface area contributed by atoms with Crippen LogP contribution >= 0.6 is 0 Å². The predicted molar refractivity (Wildman–Crippen MR) is 127 cm³/mol. The molecule has 0 unspecified atom stereocenters. The molecule has 0 aliphatic rings. The van der Waals surface area contributed by atoms with Gasteiger partial charge in [-0.15, -0.1) is 0 Å². The van der Waals surface area contributed by atoms with Crippen LogP contribution in [-0.4, -0.2) is 77.3 Å². The lowest BCUT2D eigenvalue weighted by atomic mass is 10.1. The van der Waals surface area contributed by atoms with Crippen molar-refractivity contribution in [1.82, 2.24) is 10.2 Å². The summed E-state index contributed by atoms with van der Waals surface area (Å²) in [6, 6.07) is 10.3. The predicted octanol–water partition coefficient (Wildman–Crippen LogP) is 1.86. The standard InChI is InChI=1S/C24H31N3O7/c1-16-6-8-18(9-7-16)26-21(28)14-25-22(29)15-27(10-11-31-2)24(30)17-12-19(32-3)23(34-5)20(13-17)33-4/h6-9,12-13H,10-11,14-15H2,1-5H3,(H,25,29)(H,26,28). The van der Waals surface area contributed by atoms with E-state index in [1.807, 2.05) is 19.1 Å². The number of carbonyl (C=O) groups excluding carboxylic acids is 3. The molecule has 2 aromatic rings. The summed E-state index contributed by atoms with van der Waals surface area (Å²) in [6.45, 7) is 1.83. The fourth-order valence-corrected chi connectivity index (χ4v) is 3.09. The summed E-state index contributed by atoms with van der Waals surface area (Å²) in [6.07, 6.45) is 0. The fourth-order valence-electron chi connectivity index (χ4n) is 3.09.